The van der Waals surface area contributed by atoms with E-state index in [0.29, 0.717) is 17.1 Å². The summed E-state index contributed by atoms with van der Waals surface area (Å²) in [7, 11) is 0. The van der Waals surface area contributed by atoms with Crippen molar-refractivity contribution >= 4 is 17.6 Å². The maximum absolute atomic E-state index is 11.3. The molecule has 4 nitrogen and oxygen atoms in total. The first kappa shape index (κ1) is 13.5. The number of pyridine rings is 1. The van der Waals surface area contributed by atoms with E-state index in [1.807, 2.05) is 18.2 Å². The van der Waals surface area contributed by atoms with Crippen LogP contribution in [0.2, 0.25) is 5.02 Å². The lowest BCUT2D eigenvalue weighted by atomic mass is 10.1. The van der Waals surface area contributed by atoms with E-state index >= 15 is 0 Å². The molecular weight excluding hydrogens is 264 g/mol. The second kappa shape index (κ2) is 6.31. The lowest BCUT2D eigenvalue weighted by Gasteiger charge is -2.15. The molecule has 0 aliphatic carbocycles. The van der Waals surface area contributed by atoms with Gasteiger partial charge in [-0.25, -0.2) is 0 Å². The highest BCUT2D eigenvalue weighted by Gasteiger charge is 2.21. The topological polar surface area (TPSA) is 62.2 Å². The number of aromatic nitrogens is 1. The fraction of sp³-hybridized carbons (Fsp3) is 0.143. The zero-order valence-corrected chi connectivity index (χ0v) is 10.8. The average molecular weight is 277 g/mol. The van der Waals surface area contributed by atoms with Gasteiger partial charge in [0, 0.05) is 17.8 Å². The van der Waals surface area contributed by atoms with Gasteiger partial charge in [-0.15, -0.1) is 0 Å². The minimum absolute atomic E-state index is 0.364. The molecule has 0 bridgehead atoms. The summed E-state index contributed by atoms with van der Waals surface area (Å²) in [6, 6.07) is 11.6. The second-order valence-electron chi connectivity index (χ2n) is 3.99. The van der Waals surface area contributed by atoms with E-state index in [9.17, 15) is 9.90 Å². The highest BCUT2D eigenvalue weighted by molar-refractivity contribution is 6.31. The molecule has 19 heavy (non-hydrogen) atoms. The van der Waals surface area contributed by atoms with E-state index in [4.69, 9.17) is 11.6 Å². The molecule has 2 aromatic rings. The van der Waals surface area contributed by atoms with Crippen LogP contribution in [-0.4, -0.2) is 16.1 Å². The lowest BCUT2D eigenvalue weighted by molar-refractivity contribution is -0.139. The summed E-state index contributed by atoms with van der Waals surface area (Å²) in [5, 5.41) is 12.7. The molecule has 0 saturated carbocycles. The number of hydrogen-bond acceptors (Lipinski definition) is 3. The van der Waals surface area contributed by atoms with Crippen molar-refractivity contribution in [2.45, 2.75) is 12.6 Å². The molecule has 1 aromatic heterocycles. The Balaban J connectivity index is 2.14. The quantitative estimate of drug-likeness (QED) is 0.881. The summed E-state index contributed by atoms with van der Waals surface area (Å²) in [6.45, 7) is 0.364. The van der Waals surface area contributed by atoms with Gasteiger partial charge in [0.05, 0.1) is 5.69 Å². The largest absolute Gasteiger partial charge is 0.480 e. The summed E-state index contributed by atoms with van der Waals surface area (Å²) in [6.07, 6.45) is 1.67. The normalized spacial score (nSPS) is 12.1. The molecule has 0 aliphatic heterocycles. The molecule has 5 heteroatoms. The molecule has 0 saturated heterocycles. The average Bonchev–Trinajstić information content (AvgIpc) is 2.42. The second-order valence-corrected chi connectivity index (χ2v) is 4.40. The van der Waals surface area contributed by atoms with Gasteiger partial charge >= 0.3 is 5.97 Å². The summed E-state index contributed by atoms with van der Waals surface area (Å²) in [5.74, 6) is -0.968. The predicted octanol–water partition coefficient (Wildman–Crippen LogP) is 2.65. The zero-order valence-electron chi connectivity index (χ0n) is 10.1. The number of carboxylic acids is 1. The van der Waals surface area contributed by atoms with Crippen molar-refractivity contribution in [3.63, 3.8) is 0 Å². The number of nitrogens with zero attached hydrogens (tertiary/aromatic N) is 1. The van der Waals surface area contributed by atoms with Gasteiger partial charge in [-0.2, -0.15) is 0 Å². The maximum Gasteiger partial charge on any atom is 0.325 e. The van der Waals surface area contributed by atoms with Crippen molar-refractivity contribution in [3.8, 4) is 0 Å². The van der Waals surface area contributed by atoms with E-state index in [1.165, 1.54) is 0 Å². The Morgan fingerprint density at radius 2 is 2.00 bits per heavy atom. The van der Waals surface area contributed by atoms with Gasteiger partial charge in [-0.1, -0.05) is 35.9 Å². The molecule has 0 radical (unpaired) electrons. The monoisotopic (exact) mass is 276 g/mol. The molecule has 0 spiro atoms. The Labute approximate surface area is 116 Å². The number of carbonyl (C=O) groups is 1. The Morgan fingerprint density at radius 3 is 2.63 bits per heavy atom. The van der Waals surface area contributed by atoms with Crippen molar-refractivity contribution < 1.29 is 9.90 Å². The van der Waals surface area contributed by atoms with Crippen LogP contribution in [0.5, 0.6) is 0 Å². The van der Waals surface area contributed by atoms with Crippen LogP contribution in [0.1, 0.15) is 17.3 Å². The van der Waals surface area contributed by atoms with Crippen molar-refractivity contribution in [2.24, 2.45) is 0 Å². The van der Waals surface area contributed by atoms with E-state index in [0.717, 1.165) is 5.69 Å². The smallest absolute Gasteiger partial charge is 0.325 e. The minimum Gasteiger partial charge on any atom is -0.480 e. The number of rotatable bonds is 5. The molecule has 0 fully saturated rings. The first-order valence-electron chi connectivity index (χ1n) is 5.79. The summed E-state index contributed by atoms with van der Waals surface area (Å²) >= 11 is 6.03. The molecule has 2 rings (SSSR count). The van der Waals surface area contributed by atoms with E-state index in [1.54, 1.807) is 30.5 Å². The highest BCUT2D eigenvalue weighted by atomic mass is 35.5. The third-order valence-corrected chi connectivity index (χ3v) is 3.02. The van der Waals surface area contributed by atoms with Gasteiger partial charge in [0.1, 0.15) is 6.04 Å². The number of carboxylic acid groups (broad SMARTS) is 1. The Kier molecular flexibility index (Phi) is 4.49. The Hall–Kier alpha value is -1.91. The van der Waals surface area contributed by atoms with Gasteiger partial charge in [0.25, 0.3) is 0 Å². The van der Waals surface area contributed by atoms with Crippen LogP contribution in [0, 0.1) is 0 Å². The van der Waals surface area contributed by atoms with Gasteiger partial charge < -0.3 is 5.11 Å². The van der Waals surface area contributed by atoms with Crippen LogP contribution in [0.4, 0.5) is 0 Å². The van der Waals surface area contributed by atoms with Crippen LogP contribution in [-0.2, 0) is 11.3 Å². The molecule has 1 atom stereocenters. The van der Waals surface area contributed by atoms with Crippen molar-refractivity contribution in [1.29, 1.82) is 0 Å². The van der Waals surface area contributed by atoms with Gasteiger partial charge in [-0.05, 0) is 23.8 Å². The van der Waals surface area contributed by atoms with Crippen molar-refractivity contribution in [1.82, 2.24) is 10.3 Å². The molecule has 1 heterocycles. The molecular formula is C14H13ClN2O2. The fourth-order valence-electron chi connectivity index (χ4n) is 1.75. The van der Waals surface area contributed by atoms with Gasteiger partial charge in [0.2, 0.25) is 0 Å². The number of halogens is 1. The zero-order chi connectivity index (χ0) is 13.7. The standard InChI is InChI=1S/C14H13ClN2O2/c15-12-7-2-1-6-11(12)13(14(18)19)17-9-10-5-3-4-8-16-10/h1-8,13,17H,9H2,(H,18,19). The minimum atomic E-state index is -0.968. The number of aliphatic carboxylic acids is 1. The highest BCUT2D eigenvalue weighted by Crippen LogP contribution is 2.23. The van der Waals surface area contributed by atoms with Gasteiger partial charge in [0.15, 0.2) is 0 Å². The maximum atomic E-state index is 11.3. The summed E-state index contributed by atoms with van der Waals surface area (Å²) < 4.78 is 0. The third kappa shape index (κ3) is 3.53. The number of nitrogens with one attached hydrogen (secondary N) is 1. The number of benzene rings is 1. The molecule has 98 valence electrons. The van der Waals surface area contributed by atoms with Crippen LogP contribution in [0.25, 0.3) is 0 Å². The van der Waals surface area contributed by atoms with Crippen LogP contribution in [0.3, 0.4) is 0 Å². The number of hydrogen-bond donors (Lipinski definition) is 2. The fourth-order valence-corrected chi connectivity index (χ4v) is 1.99. The van der Waals surface area contributed by atoms with Crippen molar-refractivity contribution in [2.75, 3.05) is 0 Å². The van der Waals surface area contributed by atoms with Crippen LogP contribution in [0.15, 0.2) is 48.7 Å². The Bertz CT molecular complexity index is 560. The van der Waals surface area contributed by atoms with Gasteiger partial charge in [-0.3, -0.25) is 15.1 Å². The van der Waals surface area contributed by atoms with E-state index < -0.39 is 12.0 Å². The molecule has 1 unspecified atom stereocenters. The first-order chi connectivity index (χ1) is 9.18. The van der Waals surface area contributed by atoms with Crippen LogP contribution < -0.4 is 5.32 Å². The predicted molar refractivity (Wildman–Crippen MR) is 72.9 cm³/mol. The van der Waals surface area contributed by atoms with E-state index in [-0.39, 0.29) is 0 Å². The molecule has 0 amide bonds. The first-order valence-corrected chi connectivity index (χ1v) is 6.17. The summed E-state index contributed by atoms with van der Waals surface area (Å²) in [5.41, 5.74) is 1.33. The molecule has 1 aromatic carbocycles. The summed E-state index contributed by atoms with van der Waals surface area (Å²) in [4.78, 5) is 15.5. The lowest BCUT2D eigenvalue weighted by Crippen LogP contribution is -2.28. The molecule has 2 N–H and O–H groups in total. The van der Waals surface area contributed by atoms with E-state index in [2.05, 4.69) is 10.3 Å². The van der Waals surface area contributed by atoms with Crippen molar-refractivity contribution in [3.05, 3.63) is 64.9 Å². The molecule has 0 aliphatic rings. The van der Waals surface area contributed by atoms with Crippen LogP contribution >= 0.6 is 11.6 Å². The SMILES string of the molecule is O=C(O)C(NCc1ccccn1)c1ccccc1Cl. The third-order valence-electron chi connectivity index (χ3n) is 2.68. The Morgan fingerprint density at radius 1 is 1.26 bits per heavy atom.